The summed E-state index contributed by atoms with van der Waals surface area (Å²) in [6.07, 6.45) is 0. The molecule has 7 nitrogen and oxygen atoms in total. The number of likely N-dealkylation sites (N-methyl/N-ethyl adjacent to an activating group) is 1. The van der Waals surface area contributed by atoms with Crippen molar-refractivity contribution >= 4 is 21.7 Å². The molecular weight excluding hydrogens is 284 g/mol. The van der Waals surface area contributed by atoms with E-state index < -0.39 is 16.0 Å². The normalized spacial score (nSPS) is 11.4. The first-order valence-electron chi connectivity index (χ1n) is 5.88. The van der Waals surface area contributed by atoms with Crippen molar-refractivity contribution < 1.29 is 22.7 Å². The average Bonchev–Trinajstić information content (AvgIpc) is 2.38. The number of carbonyl (C=O) groups is 1. The van der Waals surface area contributed by atoms with Gasteiger partial charge in [0.25, 0.3) is 0 Å². The highest BCUT2D eigenvalue weighted by atomic mass is 32.2. The van der Waals surface area contributed by atoms with Crippen LogP contribution in [-0.4, -0.2) is 46.0 Å². The standard InChI is InChI=1S/C12H18N2O5S/c1-4-19-12(15)8-14(2)20(16,17)11-6-5-9(18-3)7-10(11)13/h5-7H,4,8,13H2,1-3H3. The first kappa shape index (κ1) is 16.3. The highest BCUT2D eigenvalue weighted by Gasteiger charge is 2.25. The fourth-order valence-electron chi connectivity index (χ4n) is 1.53. The third-order valence-corrected chi connectivity index (χ3v) is 4.44. The van der Waals surface area contributed by atoms with Gasteiger partial charge in [-0.25, -0.2) is 8.42 Å². The Balaban J connectivity index is 3.01. The molecule has 0 aliphatic carbocycles. The van der Waals surface area contributed by atoms with Gasteiger partial charge in [0.2, 0.25) is 10.0 Å². The minimum atomic E-state index is -3.86. The van der Waals surface area contributed by atoms with Crippen LogP contribution in [-0.2, 0) is 19.6 Å². The summed E-state index contributed by atoms with van der Waals surface area (Å²) in [5, 5.41) is 0. The summed E-state index contributed by atoms with van der Waals surface area (Å²) in [6, 6.07) is 4.23. The number of carbonyl (C=O) groups excluding carboxylic acids is 1. The van der Waals surface area contributed by atoms with Gasteiger partial charge in [-0.1, -0.05) is 0 Å². The molecule has 0 spiro atoms. The van der Waals surface area contributed by atoms with E-state index in [2.05, 4.69) is 0 Å². The highest BCUT2D eigenvalue weighted by molar-refractivity contribution is 7.89. The third kappa shape index (κ3) is 3.61. The molecule has 0 fully saturated rings. The summed E-state index contributed by atoms with van der Waals surface area (Å²) in [5.41, 5.74) is 5.76. The number of esters is 1. The Labute approximate surface area is 118 Å². The molecular formula is C12H18N2O5S. The van der Waals surface area contributed by atoms with E-state index in [-0.39, 0.29) is 23.7 Å². The molecule has 0 aromatic heterocycles. The maximum Gasteiger partial charge on any atom is 0.321 e. The number of nitrogen functional groups attached to an aromatic ring is 1. The molecule has 0 radical (unpaired) electrons. The van der Waals surface area contributed by atoms with Gasteiger partial charge in [0, 0.05) is 13.1 Å². The fraction of sp³-hybridized carbons (Fsp3) is 0.417. The fourth-order valence-corrected chi connectivity index (χ4v) is 2.74. The number of hydrogen-bond donors (Lipinski definition) is 1. The molecule has 8 heteroatoms. The van der Waals surface area contributed by atoms with Crippen molar-refractivity contribution in [2.24, 2.45) is 0 Å². The molecule has 2 N–H and O–H groups in total. The van der Waals surface area contributed by atoms with Gasteiger partial charge in [-0.3, -0.25) is 4.79 Å². The van der Waals surface area contributed by atoms with Crippen LogP contribution in [0.4, 0.5) is 5.69 Å². The number of nitrogens with zero attached hydrogens (tertiary/aromatic N) is 1. The molecule has 1 aromatic carbocycles. The van der Waals surface area contributed by atoms with Gasteiger partial charge in [-0.15, -0.1) is 0 Å². The van der Waals surface area contributed by atoms with Crippen LogP contribution in [0.2, 0.25) is 0 Å². The molecule has 0 unspecified atom stereocenters. The second kappa shape index (κ2) is 6.58. The molecule has 1 rings (SSSR count). The van der Waals surface area contributed by atoms with Gasteiger partial charge in [-0.05, 0) is 19.1 Å². The molecule has 0 atom stereocenters. The number of ether oxygens (including phenoxy) is 2. The molecule has 0 bridgehead atoms. The van der Waals surface area contributed by atoms with E-state index in [0.717, 1.165) is 4.31 Å². The van der Waals surface area contributed by atoms with E-state index in [0.29, 0.717) is 5.75 Å². The molecule has 0 heterocycles. The van der Waals surface area contributed by atoms with Crippen molar-refractivity contribution in [1.82, 2.24) is 4.31 Å². The Kier molecular flexibility index (Phi) is 5.34. The summed E-state index contributed by atoms with van der Waals surface area (Å²) in [7, 11) is -1.11. The van der Waals surface area contributed by atoms with E-state index in [9.17, 15) is 13.2 Å². The molecule has 0 saturated heterocycles. The first-order chi connectivity index (χ1) is 9.32. The van der Waals surface area contributed by atoms with Crippen LogP contribution in [0.25, 0.3) is 0 Å². The second-order valence-corrected chi connectivity index (χ2v) is 5.98. The van der Waals surface area contributed by atoms with Gasteiger partial charge >= 0.3 is 5.97 Å². The number of anilines is 1. The summed E-state index contributed by atoms with van der Waals surface area (Å²) in [4.78, 5) is 11.3. The summed E-state index contributed by atoms with van der Waals surface area (Å²) >= 11 is 0. The molecule has 0 aliphatic rings. The summed E-state index contributed by atoms with van der Waals surface area (Å²) < 4.78 is 35.1. The predicted molar refractivity (Wildman–Crippen MR) is 73.9 cm³/mol. The smallest absolute Gasteiger partial charge is 0.321 e. The maximum atomic E-state index is 12.3. The van der Waals surface area contributed by atoms with Crippen LogP contribution in [0.5, 0.6) is 5.75 Å². The topological polar surface area (TPSA) is 98.9 Å². The Morgan fingerprint density at radius 2 is 2.05 bits per heavy atom. The molecule has 0 aliphatic heterocycles. The monoisotopic (exact) mass is 302 g/mol. The minimum absolute atomic E-state index is 0.0556. The first-order valence-corrected chi connectivity index (χ1v) is 7.32. The van der Waals surface area contributed by atoms with Gasteiger partial charge in [0.15, 0.2) is 0 Å². The van der Waals surface area contributed by atoms with Crippen LogP contribution in [0.15, 0.2) is 23.1 Å². The number of nitrogens with two attached hydrogens (primary N) is 1. The lowest BCUT2D eigenvalue weighted by atomic mass is 10.3. The number of benzene rings is 1. The van der Waals surface area contributed by atoms with Gasteiger partial charge < -0.3 is 15.2 Å². The van der Waals surface area contributed by atoms with Crippen molar-refractivity contribution in [2.75, 3.05) is 33.0 Å². The van der Waals surface area contributed by atoms with Gasteiger partial charge in [-0.2, -0.15) is 4.31 Å². The predicted octanol–water partition coefficient (Wildman–Crippen LogP) is 0.461. The molecule has 0 amide bonds. The van der Waals surface area contributed by atoms with E-state index >= 15 is 0 Å². The van der Waals surface area contributed by atoms with Crippen LogP contribution in [0.3, 0.4) is 0 Å². The van der Waals surface area contributed by atoms with Gasteiger partial charge in [0.1, 0.15) is 17.2 Å². The van der Waals surface area contributed by atoms with Crippen molar-refractivity contribution in [3.8, 4) is 5.75 Å². The Hall–Kier alpha value is -1.80. The zero-order chi connectivity index (χ0) is 15.3. The highest BCUT2D eigenvalue weighted by Crippen LogP contribution is 2.25. The number of sulfonamides is 1. The summed E-state index contributed by atoms with van der Waals surface area (Å²) in [6.45, 7) is 1.47. The third-order valence-electron chi connectivity index (χ3n) is 2.56. The number of methoxy groups -OCH3 is 1. The van der Waals surface area contributed by atoms with E-state index in [1.807, 2.05) is 0 Å². The van der Waals surface area contributed by atoms with Crippen molar-refractivity contribution in [1.29, 1.82) is 0 Å². The van der Waals surface area contributed by atoms with Crippen molar-refractivity contribution in [2.45, 2.75) is 11.8 Å². The lowest BCUT2D eigenvalue weighted by molar-refractivity contribution is -0.143. The minimum Gasteiger partial charge on any atom is -0.497 e. The maximum absolute atomic E-state index is 12.3. The zero-order valence-electron chi connectivity index (χ0n) is 11.6. The Morgan fingerprint density at radius 3 is 2.55 bits per heavy atom. The molecule has 112 valence electrons. The van der Waals surface area contributed by atoms with E-state index in [1.54, 1.807) is 6.92 Å². The quantitative estimate of drug-likeness (QED) is 0.605. The van der Waals surface area contributed by atoms with Gasteiger partial charge in [0.05, 0.1) is 19.4 Å². The SMILES string of the molecule is CCOC(=O)CN(C)S(=O)(=O)c1ccc(OC)cc1N. The second-order valence-electron chi connectivity index (χ2n) is 3.97. The van der Waals surface area contributed by atoms with E-state index in [1.165, 1.54) is 32.4 Å². The van der Waals surface area contributed by atoms with Crippen LogP contribution in [0, 0.1) is 0 Å². The molecule has 0 saturated carbocycles. The lowest BCUT2D eigenvalue weighted by Gasteiger charge is -2.17. The Bertz CT molecular complexity index is 586. The average molecular weight is 302 g/mol. The van der Waals surface area contributed by atoms with Crippen LogP contribution >= 0.6 is 0 Å². The molecule has 20 heavy (non-hydrogen) atoms. The van der Waals surface area contributed by atoms with Crippen molar-refractivity contribution in [3.05, 3.63) is 18.2 Å². The molecule has 1 aromatic rings. The summed E-state index contributed by atoms with van der Waals surface area (Å²) in [5.74, 6) is -0.167. The number of hydrogen-bond acceptors (Lipinski definition) is 6. The lowest BCUT2D eigenvalue weighted by Crippen LogP contribution is -2.33. The van der Waals surface area contributed by atoms with Crippen molar-refractivity contribution in [3.63, 3.8) is 0 Å². The largest absolute Gasteiger partial charge is 0.497 e. The van der Waals surface area contributed by atoms with E-state index in [4.69, 9.17) is 15.2 Å². The number of rotatable bonds is 6. The van der Waals surface area contributed by atoms with Crippen LogP contribution < -0.4 is 10.5 Å². The Morgan fingerprint density at radius 1 is 1.40 bits per heavy atom. The zero-order valence-corrected chi connectivity index (χ0v) is 12.4. The van der Waals surface area contributed by atoms with Crippen LogP contribution in [0.1, 0.15) is 6.92 Å².